The molecule has 0 heterocycles. The number of ether oxygens (including phenoxy) is 2. The molecule has 0 unspecified atom stereocenters. The molecule has 0 bridgehead atoms. The SMILES string of the molecule is COc1ccc(C(=O)OCC(=O)c2cc(F)ccc2F)c2ccccc12. The largest absolute Gasteiger partial charge is 0.496 e. The van der Waals surface area contributed by atoms with Gasteiger partial charge in [-0.2, -0.15) is 0 Å². The lowest BCUT2D eigenvalue weighted by Crippen LogP contribution is -2.16. The molecule has 0 saturated carbocycles. The Labute approximate surface area is 148 Å². The van der Waals surface area contributed by atoms with E-state index in [4.69, 9.17) is 9.47 Å². The van der Waals surface area contributed by atoms with Gasteiger partial charge in [0.25, 0.3) is 0 Å². The Morgan fingerprint density at radius 3 is 2.38 bits per heavy atom. The summed E-state index contributed by atoms with van der Waals surface area (Å²) in [5.74, 6) is -2.60. The van der Waals surface area contributed by atoms with Gasteiger partial charge >= 0.3 is 5.97 Å². The molecular formula is C20H14F2O4. The highest BCUT2D eigenvalue weighted by molar-refractivity contribution is 6.07. The van der Waals surface area contributed by atoms with Crippen LogP contribution >= 0.6 is 0 Å². The maximum absolute atomic E-state index is 13.6. The lowest BCUT2D eigenvalue weighted by molar-refractivity contribution is 0.0475. The van der Waals surface area contributed by atoms with E-state index in [1.165, 1.54) is 13.2 Å². The van der Waals surface area contributed by atoms with Crippen molar-refractivity contribution in [1.29, 1.82) is 0 Å². The summed E-state index contributed by atoms with van der Waals surface area (Å²) in [4.78, 5) is 24.4. The van der Waals surface area contributed by atoms with Crippen molar-refractivity contribution in [2.24, 2.45) is 0 Å². The standard InChI is InChI=1S/C20H14F2O4/c1-25-19-9-7-15(13-4-2-3-5-14(13)19)20(24)26-11-18(23)16-10-12(21)6-8-17(16)22/h2-10H,11H2,1H3. The number of ketones is 1. The van der Waals surface area contributed by atoms with E-state index in [1.54, 1.807) is 30.3 Å². The molecule has 0 aliphatic heterocycles. The molecule has 0 atom stereocenters. The van der Waals surface area contributed by atoms with Gasteiger partial charge in [0, 0.05) is 5.39 Å². The average molecular weight is 356 g/mol. The van der Waals surface area contributed by atoms with Crippen molar-refractivity contribution < 1.29 is 27.8 Å². The van der Waals surface area contributed by atoms with Gasteiger partial charge < -0.3 is 9.47 Å². The molecule has 0 fully saturated rings. The van der Waals surface area contributed by atoms with E-state index in [-0.39, 0.29) is 5.56 Å². The van der Waals surface area contributed by atoms with E-state index in [9.17, 15) is 18.4 Å². The lowest BCUT2D eigenvalue weighted by Gasteiger charge is -2.10. The van der Waals surface area contributed by atoms with Gasteiger partial charge in [0.05, 0.1) is 18.2 Å². The molecule has 0 saturated heterocycles. The van der Waals surface area contributed by atoms with Crippen LogP contribution in [0.25, 0.3) is 10.8 Å². The summed E-state index contributed by atoms with van der Waals surface area (Å²) in [7, 11) is 1.52. The Kier molecular flexibility index (Phi) is 4.93. The number of halogens is 2. The molecule has 0 N–H and O–H groups in total. The molecule has 132 valence electrons. The summed E-state index contributed by atoms with van der Waals surface area (Å²) < 4.78 is 37.1. The van der Waals surface area contributed by atoms with Crippen molar-refractivity contribution >= 4 is 22.5 Å². The molecule has 0 amide bonds. The Balaban J connectivity index is 1.82. The van der Waals surface area contributed by atoms with E-state index in [0.717, 1.165) is 18.2 Å². The fourth-order valence-electron chi connectivity index (χ4n) is 2.63. The van der Waals surface area contributed by atoms with Gasteiger partial charge in [-0.05, 0) is 35.7 Å². The zero-order valence-electron chi connectivity index (χ0n) is 13.8. The first kappa shape index (κ1) is 17.5. The molecule has 3 rings (SSSR count). The van der Waals surface area contributed by atoms with Crippen LogP contribution in [0, 0.1) is 11.6 Å². The number of fused-ring (bicyclic) bond motifs is 1. The number of hydrogen-bond donors (Lipinski definition) is 0. The second kappa shape index (κ2) is 7.31. The first-order valence-electron chi connectivity index (χ1n) is 7.72. The minimum atomic E-state index is -0.873. The van der Waals surface area contributed by atoms with Gasteiger partial charge in [0.2, 0.25) is 5.78 Å². The van der Waals surface area contributed by atoms with Crippen LogP contribution in [-0.4, -0.2) is 25.5 Å². The van der Waals surface area contributed by atoms with E-state index in [1.807, 2.05) is 0 Å². The van der Waals surface area contributed by atoms with E-state index >= 15 is 0 Å². The van der Waals surface area contributed by atoms with Crippen LogP contribution < -0.4 is 4.74 Å². The van der Waals surface area contributed by atoms with Crippen LogP contribution in [0.3, 0.4) is 0 Å². The second-order valence-corrected chi connectivity index (χ2v) is 5.48. The van der Waals surface area contributed by atoms with Crippen molar-refractivity contribution in [3.8, 4) is 5.75 Å². The lowest BCUT2D eigenvalue weighted by atomic mass is 10.0. The Hall–Kier alpha value is -3.28. The van der Waals surface area contributed by atoms with Gasteiger partial charge in [-0.15, -0.1) is 0 Å². The molecule has 3 aromatic rings. The number of rotatable bonds is 5. The van der Waals surface area contributed by atoms with Crippen LogP contribution in [0.1, 0.15) is 20.7 Å². The van der Waals surface area contributed by atoms with Crippen LogP contribution in [-0.2, 0) is 4.74 Å². The molecule has 0 aliphatic carbocycles. The number of methoxy groups -OCH3 is 1. The van der Waals surface area contributed by atoms with Crippen LogP contribution in [0.15, 0.2) is 54.6 Å². The summed E-state index contributed by atoms with van der Waals surface area (Å²) >= 11 is 0. The number of benzene rings is 3. The number of esters is 1. The fourth-order valence-corrected chi connectivity index (χ4v) is 2.63. The highest BCUT2D eigenvalue weighted by Gasteiger charge is 2.18. The minimum Gasteiger partial charge on any atom is -0.496 e. The third-order valence-corrected chi connectivity index (χ3v) is 3.89. The minimum absolute atomic E-state index is 0.244. The van der Waals surface area contributed by atoms with Crippen molar-refractivity contribution in [3.63, 3.8) is 0 Å². The quantitative estimate of drug-likeness (QED) is 0.509. The van der Waals surface area contributed by atoms with Crippen molar-refractivity contribution in [2.75, 3.05) is 13.7 Å². The highest BCUT2D eigenvalue weighted by atomic mass is 19.1. The van der Waals surface area contributed by atoms with Gasteiger partial charge in [0.15, 0.2) is 6.61 Å². The van der Waals surface area contributed by atoms with Gasteiger partial charge in [-0.1, -0.05) is 24.3 Å². The topological polar surface area (TPSA) is 52.6 Å². The maximum Gasteiger partial charge on any atom is 0.339 e. The monoisotopic (exact) mass is 356 g/mol. The van der Waals surface area contributed by atoms with Gasteiger partial charge in [-0.25, -0.2) is 13.6 Å². The van der Waals surface area contributed by atoms with Gasteiger partial charge in [0.1, 0.15) is 17.4 Å². The predicted octanol–water partition coefficient (Wildman–Crippen LogP) is 4.17. The summed E-state index contributed by atoms with van der Waals surface area (Å²) in [6.45, 7) is -0.695. The normalized spacial score (nSPS) is 10.6. The van der Waals surface area contributed by atoms with Crippen molar-refractivity contribution in [3.05, 3.63) is 77.4 Å². The molecule has 0 aromatic heterocycles. The smallest absolute Gasteiger partial charge is 0.339 e. The summed E-state index contributed by atoms with van der Waals surface area (Å²) in [5, 5.41) is 1.31. The van der Waals surface area contributed by atoms with E-state index in [2.05, 4.69) is 0 Å². The summed E-state index contributed by atoms with van der Waals surface area (Å²) in [5.41, 5.74) is -0.216. The third kappa shape index (κ3) is 3.39. The first-order chi connectivity index (χ1) is 12.5. The Bertz CT molecular complexity index is 998. The molecule has 3 aromatic carbocycles. The molecule has 6 heteroatoms. The zero-order valence-corrected chi connectivity index (χ0v) is 13.8. The van der Waals surface area contributed by atoms with Crippen molar-refractivity contribution in [1.82, 2.24) is 0 Å². The second-order valence-electron chi connectivity index (χ2n) is 5.48. The molecule has 0 radical (unpaired) electrons. The molecule has 0 spiro atoms. The highest BCUT2D eigenvalue weighted by Crippen LogP contribution is 2.28. The number of carbonyl (C=O) groups is 2. The Morgan fingerprint density at radius 2 is 1.65 bits per heavy atom. The molecular weight excluding hydrogens is 342 g/mol. The summed E-state index contributed by atoms with van der Waals surface area (Å²) in [6, 6.07) is 12.7. The number of hydrogen-bond acceptors (Lipinski definition) is 4. The van der Waals surface area contributed by atoms with Crippen molar-refractivity contribution in [2.45, 2.75) is 0 Å². The predicted molar refractivity (Wildman–Crippen MR) is 91.5 cm³/mol. The molecule has 0 aliphatic rings. The first-order valence-corrected chi connectivity index (χ1v) is 7.72. The van der Waals surface area contributed by atoms with Crippen LogP contribution in [0.4, 0.5) is 8.78 Å². The third-order valence-electron chi connectivity index (χ3n) is 3.89. The number of carbonyl (C=O) groups excluding carboxylic acids is 2. The Morgan fingerprint density at radius 1 is 0.923 bits per heavy atom. The van der Waals surface area contributed by atoms with Crippen LogP contribution in [0.2, 0.25) is 0 Å². The number of Topliss-reactive ketones (excluding diaryl/α,β-unsaturated/α-hetero) is 1. The zero-order chi connectivity index (χ0) is 18.7. The van der Waals surface area contributed by atoms with E-state index in [0.29, 0.717) is 16.5 Å². The maximum atomic E-state index is 13.6. The van der Waals surface area contributed by atoms with Crippen LogP contribution in [0.5, 0.6) is 5.75 Å². The molecule has 4 nitrogen and oxygen atoms in total. The van der Waals surface area contributed by atoms with Gasteiger partial charge in [-0.3, -0.25) is 4.79 Å². The summed E-state index contributed by atoms with van der Waals surface area (Å²) in [6.07, 6.45) is 0. The van der Waals surface area contributed by atoms with E-state index < -0.39 is 35.6 Å². The average Bonchev–Trinajstić information content (AvgIpc) is 2.66. The molecule has 26 heavy (non-hydrogen) atoms. The fraction of sp³-hybridized carbons (Fsp3) is 0.100.